The summed E-state index contributed by atoms with van der Waals surface area (Å²) in [6.45, 7) is 8.72. The van der Waals surface area contributed by atoms with Gasteiger partial charge < -0.3 is 0 Å². The summed E-state index contributed by atoms with van der Waals surface area (Å²) >= 11 is 6.26. The van der Waals surface area contributed by atoms with E-state index in [1.807, 2.05) is 12.1 Å². The van der Waals surface area contributed by atoms with Crippen LogP contribution in [-0.2, 0) is 0 Å². The Morgan fingerprint density at radius 3 is 2.60 bits per heavy atom. The lowest BCUT2D eigenvalue weighted by Gasteiger charge is -2.07. The predicted octanol–water partition coefficient (Wildman–Crippen LogP) is 3.36. The van der Waals surface area contributed by atoms with Gasteiger partial charge in [0.25, 0.3) is 0 Å². The molecular formula is C14H19Cl. The Morgan fingerprint density at radius 2 is 2.07 bits per heavy atom. The fraction of sp³-hybridized carbons (Fsp3) is 0.429. The van der Waals surface area contributed by atoms with E-state index in [0.29, 0.717) is 5.92 Å². The minimum absolute atomic E-state index is 0.536. The SMILES string of the molecule is CC/C=c1/cccc(Cl)/c1=C(/C)C(C)C. The number of rotatable bonds is 2. The molecule has 0 unspecified atom stereocenters. The monoisotopic (exact) mass is 222 g/mol. The second-order valence-corrected chi connectivity index (χ2v) is 4.56. The van der Waals surface area contributed by atoms with Crippen LogP contribution in [-0.4, -0.2) is 0 Å². The van der Waals surface area contributed by atoms with Gasteiger partial charge in [-0.15, -0.1) is 0 Å². The lowest BCUT2D eigenvalue weighted by atomic mass is 10.0. The molecule has 0 saturated carbocycles. The molecule has 0 atom stereocenters. The van der Waals surface area contributed by atoms with Gasteiger partial charge in [0.15, 0.2) is 0 Å². The Labute approximate surface area is 97.3 Å². The van der Waals surface area contributed by atoms with Crippen molar-refractivity contribution in [2.24, 2.45) is 5.92 Å². The van der Waals surface area contributed by atoms with Crippen molar-refractivity contribution in [3.05, 3.63) is 33.7 Å². The quantitative estimate of drug-likeness (QED) is 0.720. The van der Waals surface area contributed by atoms with Gasteiger partial charge in [0, 0.05) is 5.02 Å². The Bertz CT molecular complexity index is 441. The Kier molecular flexibility index (Phi) is 4.41. The highest BCUT2D eigenvalue weighted by Gasteiger charge is 2.01. The zero-order valence-corrected chi connectivity index (χ0v) is 10.7. The van der Waals surface area contributed by atoms with Crippen molar-refractivity contribution in [3.8, 4) is 0 Å². The van der Waals surface area contributed by atoms with Crippen LogP contribution in [0.15, 0.2) is 18.2 Å². The molecule has 1 heteroatoms. The number of hydrogen-bond acceptors (Lipinski definition) is 0. The van der Waals surface area contributed by atoms with Gasteiger partial charge in [-0.05, 0) is 35.8 Å². The summed E-state index contributed by atoms with van der Waals surface area (Å²) in [5.74, 6) is 0.536. The van der Waals surface area contributed by atoms with E-state index in [-0.39, 0.29) is 0 Å². The summed E-state index contributed by atoms with van der Waals surface area (Å²) in [4.78, 5) is 0. The topological polar surface area (TPSA) is 0 Å². The fourth-order valence-electron chi connectivity index (χ4n) is 1.64. The summed E-state index contributed by atoms with van der Waals surface area (Å²) in [6.07, 6.45) is 3.27. The predicted molar refractivity (Wildman–Crippen MR) is 69.4 cm³/mol. The molecule has 0 fully saturated rings. The first kappa shape index (κ1) is 12.3. The lowest BCUT2D eigenvalue weighted by molar-refractivity contribution is 0.840. The van der Waals surface area contributed by atoms with Gasteiger partial charge in [0.1, 0.15) is 0 Å². The van der Waals surface area contributed by atoms with E-state index < -0.39 is 0 Å². The molecule has 1 rings (SSSR count). The smallest absolute Gasteiger partial charge is 0.0483 e. The van der Waals surface area contributed by atoms with Gasteiger partial charge in [-0.1, -0.05) is 56.2 Å². The van der Waals surface area contributed by atoms with Gasteiger partial charge in [0.05, 0.1) is 0 Å². The molecule has 0 N–H and O–H groups in total. The van der Waals surface area contributed by atoms with E-state index in [0.717, 1.165) is 11.4 Å². The normalized spacial score (nSPS) is 14.7. The molecule has 0 aliphatic carbocycles. The van der Waals surface area contributed by atoms with Gasteiger partial charge in [-0.3, -0.25) is 0 Å². The molecule has 0 saturated heterocycles. The standard InChI is InChI=1S/C14H19Cl/c1-5-7-12-8-6-9-13(15)14(12)11(4)10(2)3/h6-10H,5H2,1-4H3/b12-7-,14-11-. The van der Waals surface area contributed by atoms with Gasteiger partial charge in [-0.2, -0.15) is 0 Å². The largest absolute Gasteiger partial charge is 0.0837 e. The maximum absolute atomic E-state index is 6.26. The molecule has 0 radical (unpaired) electrons. The lowest BCUT2D eigenvalue weighted by Crippen LogP contribution is -2.28. The highest BCUT2D eigenvalue weighted by atomic mass is 35.5. The molecule has 0 bridgehead atoms. The summed E-state index contributed by atoms with van der Waals surface area (Å²) < 4.78 is 0. The van der Waals surface area contributed by atoms with E-state index in [1.54, 1.807) is 0 Å². The van der Waals surface area contributed by atoms with Crippen LogP contribution in [0.2, 0.25) is 5.02 Å². The van der Waals surface area contributed by atoms with Gasteiger partial charge >= 0.3 is 0 Å². The van der Waals surface area contributed by atoms with E-state index >= 15 is 0 Å². The third-order valence-corrected chi connectivity index (χ3v) is 3.05. The third-order valence-electron chi connectivity index (χ3n) is 2.73. The van der Waals surface area contributed by atoms with Gasteiger partial charge in [-0.25, -0.2) is 0 Å². The summed E-state index contributed by atoms with van der Waals surface area (Å²) in [7, 11) is 0. The van der Waals surface area contributed by atoms with E-state index in [4.69, 9.17) is 11.6 Å². The van der Waals surface area contributed by atoms with Crippen molar-refractivity contribution in [1.82, 2.24) is 0 Å². The number of hydrogen-bond donors (Lipinski definition) is 0. The van der Waals surface area contributed by atoms with Crippen molar-refractivity contribution in [1.29, 1.82) is 0 Å². The van der Waals surface area contributed by atoms with Crippen LogP contribution < -0.4 is 10.4 Å². The third kappa shape index (κ3) is 2.85. The molecule has 1 aromatic rings. The Balaban J connectivity index is 3.66. The van der Waals surface area contributed by atoms with Crippen LogP contribution in [0, 0.1) is 5.92 Å². The molecule has 0 aliphatic heterocycles. The molecule has 0 spiro atoms. The molecule has 1 aromatic carbocycles. The summed E-state index contributed by atoms with van der Waals surface area (Å²) in [5, 5.41) is 3.34. The Morgan fingerprint density at radius 1 is 1.40 bits per heavy atom. The molecule has 15 heavy (non-hydrogen) atoms. The fourth-order valence-corrected chi connectivity index (χ4v) is 1.97. The van der Waals surface area contributed by atoms with Gasteiger partial charge in [0.2, 0.25) is 0 Å². The molecule has 0 heterocycles. The summed E-state index contributed by atoms with van der Waals surface area (Å²) in [5.41, 5.74) is 1.36. The molecule has 0 aliphatic rings. The van der Waals surface area contributed by atoms with Crippen LogP contribution >= 0.6 is 11.6 Å². The molecule has 82 valence electrons. The average molecular weight is 223 g/mol. The molecule has 0 nitrogen and oxygen atoms in total. The zero-order valence-electron chi connectivity index (χ0n) is 9.97. The minimum Gasteiger partial charge on any atom is -0.0837 e. The highest BCUT2D eigenvalue weighted by molar-refractivity contribution is 6.30. The first-order valence-electron chi connectivity index (χ1n) is 5.53. The number of benzene rings is 1. The van der Waals surface area contributed by atoms with Crippen molar-refractivity contribution in [3.63, 3.8) is 0 Å². The minimum atomic E-state index is 0.536. The maximum Gasteiger partial charge on any atom is 0.0483 e. The second kappa shape index (κ2) is 5.37. The zero-order chi connectivity index (χ0) is 11.4. The van der Waals surface area contributed by atoms with E-state index in [1.165, 1.54) is 16.0 Å². The average Bonchev–Trinajstić information content (AvgIpc) is 2.17. The van der Waals surface area contributed by atoms with Crippen molar-refractivity contribution < 1.29 is 0 Å². The van der Waals surface area contributed by atoms with Crippen LogP contribution in [0.25, 0.3) is 11.6 Å². The van der Waals surface area contributed by atoms with E-state index in [9.17, 15) is 0 Å². The second-order valence-electron chi connectivity index (χ2n) is 4.15. The highest BCUT2D eigenvalue weighted by Crippen LogP contribution is 2.09. The van der Waals surface area contributed by atoms with Crippen molar-refractivity contribution in [2.45, 2.75) is 34.1 Å². The van der Waals surface area contributed by atoms with Crippen LogP contribution in [0.1, 0.15) is 34.1 Å². The van der Waals surface area contributed by atoms with Crippen molar-refractivity contribution in [2.75, 3.05) is 0 Å². The molecule has 0 amide bonds. The van der Waals surface area contributed by atoms with Crippen LogP contribution in [0.5, 0.6) is 0 Å². The Hall–Kier alpha value is -0.750. The first-order chi connectivity index (χ1) is 7.07. The van der Waals surface area contributed by atoms with Crippen LogP contribution in [0.4, 0.5) is 0 Å². The first-order valence-corrected chi connectivity index (χ1v) is 5.91. The summed E-state index contributed by atoms with van der Waals surface area (Å²) in [6, 6.07) is 6.12. The number of halogens is 1. The molecule has 0 aromatic heterocycles. The van der Waals surface area contributed by atoms with Crippen LogP contribution in [0.3, 0.4) is 0 Å². The maximum atomic E-state index is 6.26. The van der Waals surface area contributed by atoms with E-state index in [2.05, 4.69) is 39.8 Å². The van der Waals surface area contributed by atoms with Crippen molar-refractivity contribution >= 4 is 23.3 Å². The molecular weight excluding hydrogens is 204 g/mol.